The third kappa shape index (κ3) is 3.12. The summed E-state index contributed by atoms with van der Waals surface area (Å²) in [5.41, 5.74) is 4.86. The number of pyridine rings is 1. The van der Waals surface area contributed by atoms with Crippen LogP contribution in [0.3, 0.4) is 0 Å². The predicted octanol–water partition coefficient (Wildman–Crippen LogP) is 5.18. The Morgan fingerprint density at radius 3 is 2.73 bits per heavy atom. The van der Waals surface area contributed by atoms with E-state index in [1.54, 1.807) is 0 Å². The predicted molar refractivity (Wildman–Crippen MR) is 107 cm³/mol. The van der Waals surface area contributed by atoms with Gasteiger partial charge in [-0.05, 0) is 35.6 Å². The molecule has 3 heterocycles. The van der Waals surface area contributed by atoms with Crippen molar-refractivity contribution >= 4 is 16.6 Å². The Balaban J connectivity index is 1.55. The zero-order chi connectivity index (χ0) is 18.3. The highest BCUT2D eigenvalue weighted by molar-refractivity contribution is 5.79. The van der Waals surface area contributed by atoms with Gasteiger partial charge in [0.1, 0.15) is 5.65 Å². The fourth-order valence-electron chi connectivity index (χ4n) is 3.37. The molecule has 0 radical (unpaired) electrons. The van der Waals surface area contributed by atoms with E-state index >= 15 is 0 Å². The van der Waals surface area contributed by atoms with Gasteiger partial charge >= 0.3 is 0 Å². The van der Waals surface area contributed by atoms with E-state index in [-0.39, 0.29) is 5.41 Å². The lowest BCUT2D eigenvalue weighted by Crippen LogP contribution is -2.11. The summed E-state index contributed by atoms with van der Waals surface area (Å²) in [6.45, 7) is 9.89. The van der Waals surface area contributed by atoms with Crippen LogP contribution in [0.15, 0.2) is 55.0 Å². The second-order valence-corrected chi connectivity index (χ2v) is 8.21. The molecule has 0 fully saturated rings. The number of benzene rings is 1. The Labute approximate surface area is 154 Å². The molecule has 0 aliphatic rings. The van der Waals surface area contributed by atoms with E-state index in [4.69, 9.17) is 4.98 Å². The molecule has 4 rings (SSSR count). The minimum absolute atomic E-state index is 0.146. The Morgan fingerprint density at radius 2 is 1.96 bits per heavy atom. The number of fused-ring (bicyclic) bond motifs is 2. The van der Waals surface area contributed by atoms with E-state index in [0.717, 1.165) is 24.3 Å². The van der Waals surface area contributed by atoms with E-state index in [1.807, 2.05) is 30.6 Å². The van der Waals surface area contributed by atoms with Crippen molar-refractivity contribution < 1.29 is 0 Å². The lowest BCUT2D eigenvalue weighted by Gasteiger charge is -2.19. The van der Waals surface area contributed by atoms with Crippen LogP contribution >= 0.6 is 0 Å². The van der Waals surface area contributed by atoms with Gasteiger partial charge < -0.3 is 4.40 Å². The summed E-state index contributed by atoms with van der Waals surface area (Å²) >= 11 is 0. The zero-order valence-electron chi connectivity index (χ0n) is 16.0. The van der Waals surface area contributed by atoms with Gasteiger partial charge in [-0.2, -0.15) is 5.10 Å². The van der Waals surface area contributed by atoms with Gasteiger partial charge in [0.15, 0.2) is 0 Å². The van der Waals surface area contributed by atoms with E-state index < -0.39 is 0 Å². The summed E-state index contributed by atoms with van der Waals surface area (Å²) in [7, 11) is 0. The van der Waals surface area contributed by atoms with Crippen molar-refractivity contribution in [2.24, 2.45) is 0 Å². The van der Waals surface area contributed by atoms with Gasteiger partial charge in [-0.15, -0.1) is 0 Å². The molecule has 1 unspecified atom stereocenters. The molecule has 0 spiro atoms. The molecule has 4 heteroatoms. The van der Waals surface area contributed by atoms with Crippen molar-refractivity contribution in [1.29, 1.82) is 0 Å². The molecular formula is C22H26N4. The van der Waals surface area contributed by atoms with Crippen LogP contribution in [0.25, 0.3) is 16.6 Å². The Kier molecular flexibility index (Phi) is 4.06. The summed E-state index contributed by atoms with van der Waals surface area (Å²) in [4.78, 5) is 4.75. The number of hydrogen-bond donors (Lipinski definition) is 0. The van der Waals surface area contributed by atoms with Crippen LogP contribution < -0.4 is 0 Å². The molecule has 4 aromatic rings. The maximum Gasteiger partial charge on any atom is 0.136 e. The molecule has 3 aromatic heterocycles. The van der Waals surface area contributed by atoms with Crippen LogP contribution in [0.5, 0.6) is 0 Å². The summed E-state index contributed by atoms with van der Waals surface area (Å²) < 4.78 is 4.22. The van der Waals surface area contributed by atoms with Crippen molar-refractivity contribution in [1.82, 2.24) is 19.2 Å². The van der Waals surface area contributed by atoms with Gasteiger partial charge in [0.05, 0.1) is 17.4 Å². The number of imidazole rings is 1. The Morgan fingerprint density at radius 1 is 1.12 bits per heavy atom. The first-order valence-electron chi connectivity index (χ1n) is 9.31. The van der Waals surface area contributed by atoms with Crippen molar-refractivity contribution in [3.8, 4) is 0 Å². The molecule has 26 heavy (non-hydrogen) atoms. The van der Waals surface area contributed by atoms with E-state index in [2.05, 4.69) is 66.3 Å². The average molecular weight is 346 g/mol. The maximum absolute atomic E-state index is 4.75. The van der Waals surface area contributed by atoms with Crippen molar-refractivity contribution in [2.75, 3.05) is 0 Å². The molecule has 0 saturated heterocycles. The normalized spacial score (nSPS) is 13.5. The fourth-order valence-corrected chi connectivity index (χ4v) is 3.37. The molecule has 4 nitrogen and oxygen atoms in total. The highest BCUT2D eigenvalue weighted by atomic mass is 15.3. The van der Waals surface area contributed by atoms with Gasteiger partial charge in [-0.3, -0.25) is 4.68 Å². The van der Waals surface area contributed by atoms with Gasteiger partial charge in [-0.25, -0.2) is 4.98 Å². The molecule has 134 valence electrons. The second-order valence-electron chi connectivity index (χ2n) is 8.21. The number of aryl methyl sites for hydroxylation is 1. The second kappa shape index (κ2) is 6.27. The molecule has 0 aliphatic heterocycles. The number of hydrogen-bond acceptors (Lipinski definition) is 2. The quantitative estimate of drug-likeness (QED) is 0.510. The molecule has 0 amide bonds. The molecular weight excluding hydrogens is 320 g/mol. The summed E-state index contributed by atoms with van der Waals surface area (Å²) in [5, 5.41) is 5.82. The Bertz CT molecular complexity index is 1020. The number of aromatic nitrogens is 4. The molecule has 0 aliphatic carbocycles. The minimum Gasteiger partial charge on any atom is -0.307 e. The number of nitrogens with zero attached hydrogens (tertiary/aromatic N) is 4. The van der Waals surface area contributed by atoms with E-state index in [1.165, 1.54) is 16.5 Å². The third-order valence-electron chi connectivity index (χ3n) is 5.17. The van der Waals surface area contributed by atoms with Crippen LogP contribution in [0, 0.1) is 0 Å². The first-order valence-corrected chi connectivity index (χ1v) is 9.31. The zero-order valence-corrected chi connectivity index (χ0v) is 16.0. The third-order valence-corrected chi connectivity index (χ3v) is 5.17. The van der Waals surface area contributed by atoms with E-state index in [0.29, 0.717) is 5.92 Å². The van der Waals surface area contributed by atoms with Crippen LogP contribution in [-0.4, -0.2) is 19.2 Å². The summed E-state index contributed by atoms with van der Waals surface area (Å²) in [6.07, 6.45) is 7.17. The lowest BCUT2D eigenvalue weighted by molar-refractivity contribution is 0.539. The topological polar surface area (TPSA) is 35.1 Å². The van der Waals surface area contributed by atoms with Crippen molar-refractivity contribution in [3.63, 3.8) is 0 Å². The smallest absolute Gasteiger partial charge is 0.136 e. The van der Waals surface area contributed by atoms with Gasteiger partial charge in [-0.1, -0.05) is 45.9 Å². The molecule has 0 saturated carbocycles. The molecule has 0 bridgehead atoms. The van der Waals surface area contributed by atoms with Crippen LogP contribution in [0.1, 0.15) is 51.3 Å². The van der Waals surface area contributed by atoms with Crippen LogP contribution in [0.4, 0.5) is 0 Å². The highest BCUT2D eigenvalue weighted by Gasteiger charge is 2.16. The highest BCUT2D eigenvalue weighted by Crippen LogP contribution is 2.27. The minimum atomic E-state index is 0.146. The summed E-state index contributed by atoms with van der Waals surface area (Å²) in [6, 6.07) is 12.8. The number of rotatable bonds is 4. The average Bonchev–Trinajstić information content (AvgIpc) is 3.22. The largest absolute Gasteiger partial charge is 0.307 e. The SMILES string of the molecule is CC(CCn1ncc2ccc(C(C)(C)C)cc21)c1cn2ccccc2n1. The van der Waals surface area contributed by atoms with Crippen LogP contribution in [-0.2, 0) is 12.0 Å². The van der Waals surface area contributed by atoms with E-state index in [9.17, 15) is 0 Å². The van der Waals surface area contributed by atoms with Crippen LogP contribution in [0.2, 0.25) is 0 Å². The standard InChI is InChI=1S/C22H26N4/c1-16(19-15-25-11-6-5-7-21(25)24-19)10-12-26-20-13-18(22(2,3)4)9-8-17(20)14-23-26/h5-9,11,13-16H,10,12H2,1-4H3. The van der Waals surface area contributed by atoms with Gasteiger partial charge in [0.25, 0.3) is 0 Å². The molecule has 1 aromatic carbocycles. The van der Waals surface area contributed by atoms with Gasteiger partial charge in [0, 0.05) is 30.2 Å². The van der Waals surface area contributed by atoms with Crippen molar-refractivity contribution in [3.05, 3.63) is 66.2 Å². The first-order chi connectivity index (χ1) is 12.4. The summed E-state index contributed by atoms with van der Waals surface area (Å²) in [5.74, 6) is 0.389. The van der Waals surface area contributed by atoms with Crippen molar-refractivity contribution in [2.45, 2.75) is 52.0 Å². The lowest BCUT2D eigenvalue weighted by atomic mass is 9.87. The fraction of sp³-hybridized carbons (Fsp3) is 0.364. The van der Waals surface area contributed by atoms with Gasteiger partial charge in [0.2, 0.25) is 0 Å². The molecule has 1 atom stereocenters. The maximum atomic E-state index is 4.75. The molecule has 0 N–H and O–H groups in total. The first kappa shape index (κ1) is 16.8. The Hall–Kier alpha value is -2.62. The monoisotopic (exact) mass is 346 g/mol.